The predicted octanol–water partition coefficient (Wildman–Crippen LogP) is 2.88. The molecule has 0 fully saturated rings. The number of aromatic nitrogens is 1. The Morgan fingerprint density at radius 3 is 2.64 bits per heavy atom. The molecule has 3 aromatic rings. The van der Waals surface area contributed by atoms with Gasteiger partial charge < -0.3 is 14.8 Å². The normalized spacial score (nSPS) is 12.2. The minimum absolute atomic E-state index is 0.0112. The maximum absolute atomic E-state index is 10.6. The van der Waals surface area contributed by atoms with Crippen molar-refractivity contribution in [2.75, 3.05) is 11.9 Å². The van der Waals surface area contributed by atoms with Gasteiger partial charge in [0.05, 0.1) is 11.0 Å². The van der Waals surface area contributed by atoms with Crippen LogP contribution >= 0.6 is 0 Å². The number of oxazole rings is 1. The summed E-state index contributed by atoms with van der Waals surface area (Å²) in [4.78, 5) is 14.3. The van der Waals surface area contributed by atoms with Gasteiger partial charge in [0.25, 0.3) is 11.7 Å². The number of hydrogen-bond acceptors (Lipinski definition) is 6. The van der Waals surface area contributed by atoms with Gasteiger partial charge in [-0.25, -0.2) is 0 Å². The van der Waals surface area contributed by atoms with Crippen molar-refractivity contribution in [2.24, 2.45) is 0 Å². The van der Waals surface area contributed by atoms with Crippen LogP contribution in [0.2, 0.25) is 0 Å². The number of anilines is 1. The molecule has 0 saturated heterocycles. The van der Waals surface area contributed by atoms with Gasteiger partial charge in [-0.1, -0.05) is 12.1 Å². The zero-order chi connectivity index (χ0) is 15.5. The van der Waals surface area contributed by atoms with Crippen LogP contribution in [-0.2, 0) is 0 Å². The van der Waals surface area contributed by atoms with Crippen molar-refractivity contribution >= 4 is 22.8 Å². The van der Waals surface area contributed by atoms with Crippen LogP contribution in [0.1, 0.15) is 11.7 Å². The first-order valence-corrected chi connectivity index (χ1v) is 6.65. The third-order valence-electron chi connectivity index (χ3n) is 3.23. The number of non-ortho nitro benzene ring substituents is 1. The van der Waals surface area contributed by atoms with E-state index in [9.17, 15) is 15.2 Å². The maximum Gasteiger partial charge on any atom is 0.295 e. The molecule has 1 heterocycles. The molecule has 112 valence electrons. The topological polar surface area (TPSA) is 101 Å². The molecule has 0 aliphatic heterocycles. The Kier molecular flexibility index (Phi) is 3.71. The molecule has 1 unspecified atom stereocenters. The number of aliphatic hydroxyl groups is 1. The van der Waals surface area contributed by atoms with Crippen molar-refractivity contribution in [1.29, 1.82) is 0 Å². The first-order valence-electron chi connectivity index (χ1n) is 6.65. The third-order valence-corrected chi connectivity index (χ3v) is 3.23. The zero-order valence-electron chi connectivity index (χ0n) is 11.5. The molecule has 7 heteroatoms. The van der Waals surface area contributed by atoms with Gasteiger partial charge in [0.2, 0.25) is 0 Å². The van der Waals surface area contributed by atoms with Crippen LogP contribution in [0.5, 0.6) is 0 Å². The average Bonchev–Trinajstić information content (AvgIpc) is 2.95. The Bertz CT molecular complexity index is 765. The van der Waals surface area contributed by atoms with Crippen LogP contribution in [0.25, 0.3) is 11.1 Å². The van der Waals surface area contributed by atoms with Gasteiger partial charge in [0.15, 0.2) is 5.58 Å². The van der Waals surface area contributed by atoms with Crippen molar-refractivity contribution in [3.63, 3.8) is 0 Å². The van der Waals surface area contributed by atoms with E-state index in [0.717, 1.165) is 5.52 Å². The molecule has 1 atom stereocenters. The van der Waals surface area contributed by atoms with Gasteiger partial charge in [-0.15, -0.1) is 0 Å². The van der Waals surface area contributed by atoms with Crippen LogP contribution in [0, 0.1) is 10.1 Å². The quantitative estimate of drug-likeness (QED) is 0.555. The number of nitro benzene ring substituents is 1. The Balaban J connectivity index is 1.66. The standard InChI is InChI=1S/C15H13N3O4/c19-13(10-5-7-11(8-6-10)18(20)21)9-16-15-17-12-3-1-2-4-14(12)22-15/h1-8,13,19H,9H2,(H,16,17). The predicted molar refractivity (Wildman–Crippen MR) is 80.6 cm³/mol. The van der Waals surface area contributed by atoms with Crippen LogP contribution in [-0.4, -0.2) is 21.6 Å². The van der Waals surface area contributed by atoms with E-state index in [1.807, 2.05) is 18.2 Å². The highest BCUT2D eigenvalue weighted by atomic mass is 16.6. The van der Waals surface area contributed by atoms with Crippen LogP contribution in [0.4, 0.5) is 11.7 Å². The average molecular weight is 299 g/mol. The Hall–Kier alpha value is -2.93. The van der Waals surface area contributed by atoms with Crippen LogP contribution in [0.15, 0.2) is 52.9 Å². The Morgan fingerprint density at radius 2 is 1.95 bits per heavy atom. The van der Waals surface area contributed by atoms with E-state index in [2.05, 4.69) is 10.3 Å². The third kappa shape index (κ3) is 2.89. The molecule has 3 rings (SSSR count). The second kappa shape index (κ2) is 5.82. The summed E-state index contributed by atoms with van der Waals surface area (Å²) in [5.74, 6) is 0. The monoisotopic (exact) mass is 299 g/mol. The molecule has 1 aromatic heterocycles. The summed E-state index contributed by atoms with van der Waals surface area (Å²) >= 11 is 0. The van der Waals surface area contributed by atoms with Crippen molar-refractivity contribution < 1.29 is 14.4 Å². The summed E-state index contributed by atoms with van der Waals surface area (Å²) in [6.07, 6.45) is -0.823. The lowest BCUT2D eigenvalue weighted by molar-refractivity contribution is -0.384. The fourth-order valence-electron chi connectivity index (χ4n) is 2.07. The fraction of sp³-hybridized carbons (Fsp3) is 0.133. The summed E-state index contributed by atoms with van der Waals surface area (Å²) < 4.78 is 5.48. The molecule has 0 aliphatic rings. The molecule has 0 aliphatic carbocycles. The summed E-state index contributed by atoms with van der Waals surface area (Å²) in [5, 5.41) is 23.6. The number of hydrogen-bond donors (Lipinski definition) is 2. The number of para-hydroxylation sites is 2. The van der Waals surface area contributed by atoms with Gasteiger partial charge in [0.1, 0.15) is 5.52 Å². The van der Waals surface area contributed by atoms with Crippen LogP contribution in [0.3, 0.4) is 0 Å². The molecular formula is C15H13N3O4. The second-order valence-corrected chi connectivity index (χ2v) is 4.73. The summed E-state index contributed by atoms with van der Waals surface area (Å²) in [7, 11) is 0. The fourth-order valence-corrected chi connectivity index (χ4v) is 2.07. The van der Waals surface area contributed by atoms with E-state index in [4.69, 9.17) is 4.42 Å². The SMILES string of the molecule is O=[N+]([O-])c1ccc(C(O)CNc2nc3ccccc3o2)cc1. The van der Waals surface area contributed by atoms with Gasteiger partial charge in [-0.2, -0.15) is 4.98 Å². The lowest BCUT2D eigenvalue weighted by Crippen LogP contribution is -2.12. The molecule has 0 radical (unpaired) electrons. The van der Waals surface area contributed by atoms with E-state index in [0.29, 0.717) is 17.2 Å². The van der Waals surface area contributed by atoms with E-state index < -0.39 is 11.0 Å². The highest BCUT2D eigenvalue weighted by Gasteiger charge is 2.12. The minimum Gasteiger partial charge on any atom is -0.424 e. The number of nitrogens with one attached hydrogen (secondary N) is 1. The number of rotatable bonds is 5. The van der Waals surface area contributed by atoms with Crippen LogP contribution < -0.4 is 5.32 Å². The zero-order valence-corrected chi connectivity index (χ0v) is 11.5. The lowest BCUT2D eigenvalue weighted by Gasteiger charge is -2.10. The van der Waals surface area contributed by atoms with Gasteiger partial charge in [0, 0.05) is 18.7 Å². The van der Waals surface area contributed by atoms with Crippen molar-refractivity contribution in [3.8, 4) is 0 Å². The first-order chi connectivity index (χ1) is 10.6. The Morgan fingerprint density at radius 1 is 1.23 bits per heavy atom. The highest BCUT2D eigenvalue weighted by Crippen LogP contribution is 2.21. The number of nitro groups is 1. The van der Waals surface area contributed by atoms with Gasteiger partial charge in [-0.05, 0) is 29.8 Å². The molecule has 7 nitrogen and oxygen atoms in total. The molecular weight excluding hydrogens is 286 g/mol. The molecule has 0 amide bonds. The summed E-state index contributed by atoms with van der Waals surface area (Å²) in [5.41, 5.74) is 1.96. The largest absolute Gasteiger partial charge is 0.424 e. The number of nitrogens with zero attached hydrogens (tertiary/aromatic N) is 2. The molecule has 0 spiro atoms. The molecule has 0 saturated carbocycles. The Labute approximate surface area is 125 Å². The van der Waals surface area contributed by atoms with Gasteiger partial charge >= 0.3 is 0 Å². The smallest absolute Gasteiger partial charge is 0.295 e. The summed E-state index contributed by atoms with van der Waals surface area (Å²) in [6, 6.07) is 13.4. The molecule has 22 heavy (non-hydrogen) atoms. The van der Waals surface area contributed by atoms with Gasteiger partial charge in [-0.3, -0.25) is 10.1 Å². The highest BCUT2D eigenvalue weighted by molar-refractivity contribution is 5.74. The van der Waals surface area contributed by atoms with E-state index in [1.165, 1.54) is 24.3 Å². The number of benzene rings is 2. The molecule has 2 N–H and O–H groups in total. The van der Waals surface area contributed by atoms with Crippen molar-refractivity contribution in [2.45, 2.75) is 6.10 Å². The van der Waals surface area contributed by atoms with E-state index in [-0.39, 0.29) is 12.2 Å². The molecule has 2 aromatic carbocycles. The number of aliphatic hydroxyl groups excluding tert-OH is 1. The van der Waals surface area contributed by atoms with Crippen molar-refractivity contribution in [3.05, 3.63) is 64.2 Å². The maximum atomic E-state index is 10.6. The van der Waals surface area contributed by atoms with E-state index >= 15 is 0 Å². The lowest BCUT2D eigenvalue weighted by atomic mass is 10.1. The summed E-state index contributed by atoms with van der Waals surface area (Å²) in [6.45, 7) is 0.185. The van der Waals surface area contributed by atoms with E-state index in [1.54, 1.807) is 6.07 Å². The van der Waals surface area contributed by atoms with Crippen molar-refractivity contribution in [1.82, 2.24) is 4.98 Å². The number of fused-ring (bicyclic) bond motifs is 1. The first kappa shape index (κ1) is 14.0. The second-order valence-electron chi connectivity index (χ2n) is 4.73. The minimum atomic E-state index is -0.823. The molecule has 0 bridgehead atoms.